The molecule has 138 valence electrons. The van der Waals surface area contributed by atoms with Gasteiger partial charge in [0.1, 0.15) is 0 Å². The van der Waals surface area contributed by atoms with E-state index in [-0.39, 0.29) is 24.2 Å². The summed E-state index contributed by atoms with van der Waals surface area (Å²) in [6.07, 6.45) is 6.56. The number of aryl methyl sites for hydroxylation is 1. The Morgan fingerprint density at radius 2 is 1.92 bits per heavy atom. The normalized spacial score (nSPS) is 24.1. The van der Waals surface area contributed by atoms with Gasteiger partial charge in [0.15, 0.2) is 11.9 Å². The monoisotopic (exact) mass is 353 g/mol. The van der Waals surface area contributed by atoms with Crippen LogP contribution in [0.3, 0.4) is 0 Å². The van der Waals surface area contributed by atoms with Crippen LogP contribution < -0.4 is 10.6 Å². The molecule has 0 aromatic heterocycles. The molecule has 26 heavy (non-hydrogen) atoms. The maximum atomic E-state index is 13.0. The molecule has 1 atom stereocenters. The quantitative estimate of drug-likeness (QED) is 0.904. The lowest BCUT2D eigenvalue weighted by Crippen LogP contribution is -2.46. The van der Waals surface area contributed by atoms with E-state index >= 15 is 0 Å². The van der Waals surface area contributed by atoms with Gasteiger partial charge in [-0.2, -0.15) is 0 Å². The summed E-state index contributed by atoms with van der Waals surface area (Å²) < 4.78 is 0. The van der Waals surface area contributed by atoms with E-state index in [1.54, 1.807) is 4.90 Å². The summed E-state index contributed by atoms with van der Waals surface area (Å²) in [6, 6.07) is 6.00. The predicted molar refractivity (Wildman–Crippen MR) is 102 cm³/mol. The van der Waals surface area contributed by atoms with Crippen molar-refractivity contribution >= 4 is 23.1 Å². The van der Waals surface area contributed by atoms with Crippen molar-refractivity contribution in [3.8, 4) is 0 Å². The molecule has 1 aromatic rings. The number of ketones is 1. The first-order valence-electron chi connectivity index (χ1n) is 9.83. The largest absolute Gasteiger partial charge is 0.302 e. The SMILES string of the molecule is Cc1cccc2c1N(CC(=O)C1CCCCC1)C(=O)[C@@H](N)N=C2C1CC1. The Morgan fingerprint density at radius 3 is 2.62 bits per heavy atom. The van der Waals surface area contributed by atoms with Gasteiger partial charge in [-0.15, -0.1) is 0 Å². The van der Waals surface area contributed by atoms with Gasteiger partial charge in [0.05, 0.1) is 12.2 Å². The van der Waals surface area contributed by atoms with Gasteiger partial charge in [0, 0.05) is 23.1 Å². The molecule has 1 heterocycles. The van der Waals surface area contributed by atoms with Crippen LogP contribution in [0.25, 0.3) is 0 Å². The minimum atomic E-state index is -0.920. The third-order valence-electron chi connectivity index (χ3n) is 5.92. The lowest BCUT2D eigenvalue weighted by Gasteiger charge is -2.28. The number of hydrogen-bond donors (Lipinski definition) is 1. The highest BCUT2D eigenvalue weighted by Crippen LogP contribution is 2.39. The minimum Gasteiger partial charge on any atom is -0.302 e. The highest BCUT2D eigenvalue weighted by molar-refractivity contribution is 6.16. The molecule has 0 saturated heterocycles. The fourth-order valence-corrected chi connectivity index (χ4v) is 4.32. The zero-order valence-corrected chi connectivity index (χ0v) is 15.4. The number of aliphatic imine (C=N–C) groups is 1. The number of carbonyl (C=O) groups excluding carboxylic acids is 2. The highest BCUT2D eigenvalue weighted by Gasteiger charge is 2.38. The van der Waals surface area contributed by atoms with Gasteiger partial charge in [0.2, 0.25) is 0 Å². The number of anilines is 1. The number of carbonyl (C=O) groups is 2. The van der Waals surface area contributed by atoms with Crippen molar-refractivity contribution in [3.05, 3.63) is 29.3 Å². The molecule has 1 aromatic carbocycles. The smallest absolute Gasteiger partial charge is 0.266 e. The van der Waals surface area contributed by atoms with Crippen molar-refractivity contribution in [2.24, 2.45) is 22.6 Å². The maximum Gasteiger partial charge on any atom is 0.266 e. The molecule has 1 amide bonds. The molecule has 0 radical (unpaired) electrons. The van der Waals surface area contributed by atoms with Crippen LogP contribution in [0.2, 0.25) is 0 Å². The number of hydrogen-bond acceptors (Lipinski definition) is 4. The van der Waals surface area contributed by atoms with E-state index in [9.17, 15) is 9.59 Å². The number of rotatable bonds is 4. The molecule has 0 unspecified atom stereocenters. The molecule has 2 N–H and O–H groups in total. The van der Waals surface area contributed by atoms with Crippen molar-refractivity contribution in [3.63, 3.8) is 0 Å². The Balaban J connectivity index is 1.70. The van der Waals surface area contributed by atoms with Crippen LogP contribution in [0.5, 0.6) is 0 Å². The molecule has 2 saturated carbocycles. The second kappa shape index (κ2) is 6.95. The Bertz CT molecular complexity index is 761. The highest BCUT2D eigenvalue weighted by atomic mass is 16.2. The standard InChI is InChI=1S/C21H27N3O2/c1-13-6-5-9-16-18(15-10-11-15)23-20(22)21(26)24(19(13)16)12-17(25)14-7-3-2-4-8-14/h5-6,9,14-15,20H,2-4,7-8,10-12,22H2,1H3/t20-/m0/s1. The zero-order valence-electron chi connectivity index (χ0n) is 15.4. The van der Waals surface area contributed by atoms with Crippen LogP contribution in [-0.4, -0.2) is 30.1 Å². The fourth-order valence-electron chi connectivity index (χ4n) is 4.32. The molecule has 1 aliphatic heterocycles. The average Bonchev–Trinajstić information content (AvgIpc) is 3.49. The number of benzodiazepines with no additional fused rings is 1. The Morgan fingerprint density at radius 1 is 1.19 bits per heavy atom. The second-order valence-corrected chi connectivity index (χ2v) is 7.93. The first kappa shape index (κ1) is 17.4. The number of para-hydroxylation sites is 1. The summed E-state index contributed by atoms with van der Waals surface area (Å²) in [5, 5.41) is 0. The van der Waals surface area contributed by atoms with Crippen molar-refractivity contribution in [1.29, 1.82) is 0 Å². The van der Waals surface area contributed by atoms with Gasteiger partial charge >= 0.3 is 0 Å². The van der Waals surface area contributed by atoms with E-state index in [1.165, 1.54) is 6.42 Å². The van der Waals surface area contributed by atoms with Crippen molar-refractivity contribution in [2.45, 2.75) is 58.0 Å². The second-order valence-electron chi connectivity index (χ2n) is 7.93. The van der Waals surface area contributed by atoms with Crippen LogP contribution in [0.4, 0.5) is 5.69 Å². The molecule has 2 aliphatic carbocycles. The Hall–Kier alpha value is -2.01. The third kappa shape index (κ3) is 3.20. The van der Waals surface area contributed by atoms with E-state index in [0.717, 1.165) is 61.1 Å². The minimum absolute atomic E-state index is 0.0762. The van der Waals surface area contributed by atoms with Crippen LogP contribution in [-0.2, 0) is 9.59 Å². The number of amides is 1. The van der Waals surface area contributed by atoms with E-state index in [1.807, 2.05) is 25.1 Å². The first-order chi connectivity index (χ1) is 12.6. The number of benzene rings is 1. The Labute approximate surface area is 154 Å². The topological polar surface area (TPSA) is 75.8 Å². The van der Waals surface area contributed by atoms with E-state index < -0.39 is 6.17 Å². The van der Waals surface area contributed by atoms with E-state index in [4.69, 9.17) is 5.73 Å². The average molecular weight is 353 g/mol. The van der Waals surface area contributed by atoms with Gasteiger partial charge < -0.3 is 10.6 Å². The molecular weight excluding hydrogens is 326 g/mol. The number of Topliss-reactive ketones (excluding diaryl/α,β-unsaturated/α-hetero) is 1. The molecule has 5 heteroatoms. The number of nitrogens with zero attached hydrogens (tertiary/aromatic N) is 2. The summed E-state index contributed by atoms with van der Waals surface area (Å²) in [5.41, 5.74) is 9.87. The van der Waals surface area contributed by atoms with Gasteiger partial charge in [0.25, 0.3) is 5.91 Å². The molecule has 0 bridgehead atoms. The maximum absolute atomic E-state index is 13.0. The van der Waals surface area contributed by atoms with Crippen LogP contribution in [0, 0.1) is 18.8 Å². The summed E-state index contributed by atoms with van der Waals surface area (Å²) in [4.78, 5) is 32.1. The van der Waals surface area contributed by atoms with Gasteiger partial charge in [-0.3, -0.25) is 14.6 Å². The Kier molecular flexibility index (Phi) is 4.65. The third-order valence-corrected chi connectivity index (χ3v) is 5.92. The van der Waals surface area contributed by atoms with Crippen molar-refractivity contribution in [2.75, 3.05) is 11.4 Å². The van der Waals surface area contributed by atoms with Crippen LogP contribution in [0.15, 0.2) is 23.2 Å². The lowest BCUT2D eigenvalue weighted by atomic mass is 9.86. The van der Waals surface area contributed by atoms with Gasteiger partial charge in [-0.25, -0.2) is 0 Å². The summed E-state index contributed by atoms with van der Waals surface area (Å²) in [7, 11) is 0. The zero-order chi connectivity index (χ0) is 18.3. The van der Waals surface area contributed by atoms with Crippen LogP contribution in [0.1, 0.15) is 56.1 Å². The van der Waals surface area contributed by atoms with Crippen molar-refractivity contribution < 1.29 is 9.59 Å². The van der Waals surface area contributed by atoms with Crippen molar-refractivity contribution in [1.82, 2.24) is 0 Å². The van der Waals surface area contributed by atoms with E-state index in [0.29, 0.717) is 5.92 Å². The number of fused-ring (bicyclic) bond motifs is 1. The molecule has 2 fully saturated rings. The predicted octanol–water partition coefficient (Wildman–Crippen LogP) is 2.97. The summed E-state index contributed by atoms with van der Waals surface area (Å²) in [5.74, 6) is 0.366. The molecular formula is C21H27N3O2. The van der Waals surface area contributed by atoms with E-state index in [2.05, 4.69) is 4.99 Å². The first-order valence-corrected chi connectivity index (χ1v) is 9.83. The number of nitrogens with two attached hydrogens (primary N) is 1. The lowest BCUT2D eigenvalue weighted by molar-refractivity contribution is -0.125. The molecule has 3 aliphatic rings. The van der Waals surface area contributed by atoms with Gasteiger partial charge in [-0.05, 0) is 38.2 Å². The summed E-state index contributed by atoms with van der Waals surface area (Å²) >= 11 is 0. The summed E-state index contributed by atoms with van der Waals surface area (Å²) in [6.45, 7) is 2.11. The fraction of sp³-hybridized carbons (Fsp3) is 0.571. The molecule has 5 nitrogen and oxygen atoms in total. The molecule has 4 rings (SSSR count). The molecule has 0 spiro atoms. The van der Waals surface area contributed by atoms with Gasteiger partial charge in [-0.1, -0.05) is 37.5 Å². The van der Waals surface area contributed by atoms with Crippen LogP contribution >= 0.6 is 0 Å².